The molecule has 378 valence electrons. The smallest absolute Gasteiger partial charge is 0.0775 e. The van der Waals surface area contributed by atoms with Gasteiger partial charge in [0, 0.05) is 34.1 Å². The summed E-state index contributed by atoms with van der Waals surface area (Å²) in [6.07, 6.45) is 0. The molecule has 0 aliphatic carbocycles. The summed E-state index contributed by atoms with van der Waals surface area (Å²) in [5.41, 5.74) is 11.8. The maximum absolute atomic E-state index is 2.49. The maximum atomic E-state index is 2.49. The van der Waals surface area contributed by atoms with Gasteiger partial charge in [-0.2, -0.15) is 0 Å². The van der Waals surface area contributed by atoms with Crippen LogP contribution in [0.3, 0.4) is 0 Å². The Hall–Kier alpha value is -7.07. The lowest BCUT2D eigenvalue weighted by Gasteiger charge is -2.29. The molecule has 0 fully saturated rings. The first-order valence-corrected chi connectivity index (χ1v) is 41.2. The molecule has 11 aromatic carbocycles. The Morgan fingerprint density at radius 2 is 0.487 bits per heavy atom. The normalized spacial score (nSPS) is 12.5. The number of anilines is 6. The molecule has 0 saturated carbocycles. The van der Waals surface area contributed by atoms with Gasteiger partial charge in [0.25, 0.3) is 0 Å². The summed E-state index contributed by atoms with van der Waals surface area (Å²) < 4.78 is 0. The first-order chi connectivity index (χ1) is 36.2. The van der Waals surface area contributed by atoms with Crippen molar-refractivity contribution in [2.24, 2.45) is 0 Å². The highest BCUT2D eigenvalue weighted by Gasteiger charge is 2.26. The zero-order valence-corrected chi connectivity index (χ0v) is 50.7. The monoisotopic (exact) mass is 1050 g/mol. The quantitative estimate of drug-likeness (QED) is 0.0889. The standard InChI is InChI=1S/C70H72N2Si4/c1-73(2,3)61-35-25-55(26-36-61)71(56-27-37-62(38-28-56)74(4,5)6)59-33-43-65-67(47-59)69(53-23-21-49-17-13-15-19-51(49)45-53)66-44-34-60(48-68(66)70(65)54-24-22-50-18-14-16-20-52(50)46-54)72(57-29-39-63(40-30-57)75(7,8)9)58-31-41-64(42-32-58)76(10,11)12/h13-48H,1-12H3. The average Bonchev–Trinajstić information content (AvgIpc) is 3.43. The molecular weight excluding hydrogens is 981 g/mol. The molecule has 76 heavy (non-hydrogen) atoms. The van der Waals surface area contributed by atoms with Crippen LogP contribution in [0.1, 0.15) is 0 Å². The zero-order valence-electron chi connectivity index (χ0n) is 46.7. The number of rotatable bonds is 12. The molecular formula is C70H72N2Si4. The Balaban J connectivity index is 1.23. The van der Waals surface area contributed by atoms with E-state index in [1.165, 1.54) is 86.1 Å². The van der Waals surface area contributed by atoms with E-state index in [2.05, 4.69) is 307 Å². The van der Waals surface area contributed by atoms with Gasteiger partial charge >= 0.3 is 0 Å². The van der Waals surface area contributed by atoms with Gasteiger partial charge in [0.05, 0.1) is 32.3 Å². The molecule has 0 aliphatic rings. The van der Waals surface area contributed by atoms with Gasteiger partial charge < -0.3 is 9.80 Å². The van der Waals surface area contributed by atoms with Crippen molar-refractivity contribution in [1.29, 1.82) is 0 Å². The fraction of sp³-hybridized carbons (Fsp3) is 0.171. The molecule has 0 amide bonds. The Bertz CT molecular complexity index is 3570. The summed E-state index contributed by atoms with van der Waals surface area (Å²) in [6.45, 7) is 29.2. The third kappa shape index (κ3) is 9.96. The van der Waals surface area contributed by atoms with Gasteiger partial charge in [-0.1, -0.05) is 233 Å². The third-order valence-corrected chi connectivity index (χ3v) is 23.9. The highest BCUT2D eigenvalue weighted by atomic mass is 28.3. The minimum Gasteiger partial charge on any atom is -0.310 e. The van der Waals surface area contributed by atoms with Crippen LogP contribution in [0, 0.1) is 0 Å². The second-order valence-electron chi connectivity index (χ2n) is 25.2. The summed E-state index contributed by atoms with van der Waals surface area (Å²) in [4.78, 5) is 4.96. The lowest BCUT2D eigenvalue weighted by atomic mass is 9.84. The van der Waals surface area contributed by atoms with Crippen LogP contribution in [0.4, 0.5) is 34.1 Å². The van der Waals surface area contributed by atoms with Crippen LogP contribution in [-0.2, 0) is 0 Å². The predicted molar refractivity (Wildman–Crippen MR) is 349 cm³/mol. The van der Waals surface area contributed by atoms with Crippen LogP contribution in [0.25, 0.3) is 65.3 Å². The molecule has 0 saturated heterocycles. The topological polar surface area (TPSA) is 6.48 Å². The van der Waals surface area contributed by atoms with E-state index in [1.807, 2.05) is 0 Å². The lowest BCUT2D eigenvalue weighted by Crippen LogP contribution is -2.37. The molecule has 0 aromatic heterocycles. The summed E-state index contributed by atoms with van der Waals surface area (Å²) in [5.74, 6) is 0. The zero-order chi connectivity index (χ0) is 53.3. The minimum atomic E-state index is -1.54. The molecule has 0 spiro atoms. The van der Waals surface area contributed by atoms with Crippen LogP contribution in [0.5, 0.6) is 0 Å². The van der Waals surface area contributed by atoms with Crippen LogP contribution in [-0.4, -0.2) is 32.3 Å². The SMILES string of the molecule is C[Si](C)(C)c1ccc(N(c2ccc([Si](C)(C)C)cc2)c2ccc3c(-c4ccc5ccccc5c4)c4cc(N(c5ccc([Si](C)(C)C)cc5)c5ccc([Si](C)(C)C)cc5)ccc4c(-c4ccc5ccccc5c4)c3c2)cc1. The second kappa shape index (κ2) is 19.5. The van der Waals surface area contributed by atoms with Gasteiger partial charge in [-0.15, -0.1) is 0 Å². The number of benzene rings is 11. The van der Waals surface area contributed by atoms with Crippen molar-refractivity contribution < 1.29 is 0 Å². The molecule has 6 heteroatoms. The highest BCUT2D eigenvalue weighted by Crippen LogP contribution is 2.49. The summed E-state index contributed by atoms with van der Waals surface area (Å²) in [5, 5.41) is 15.7. The summed E-state index contributed by atoms with van der Waals surface area (Å²) in [6, 6.07) is 84.0. The average molecular weight is 1050 g/mol. The van der Waals surface area contributed by atoms with Gasteiger partial charge in [0.2, 0.25) is 0 Å². The van der Waals surface area contributed by atoms with Crippen molar-refractivity contribution in [3.8, 4) is 22.3 Å². The molecule has 0 bridgehead atoms. The Kier molecular flexibility index (Phi) is 13.1. The Morgan fingerprint density at radius 3 is 0.763 bits per heavy atom. The fourth-order valence-electron chi connectivity index (χ4n) is 11.1. The fourth-order valence-corrected chi connectivity index (χ4v) is 15.8. The lowest BCUT2D eigenvalue weighted by molar-refractivity contribution is 1.29. The molecule has 0 atom stereocenters. The van der Waals surface area contributed by atoms with E-state index < -0.39 is 32.3 Å². The van der Waals surface area contributed by atoms with Crippen molar-refractivity contribution in [3.05, 3.63) is 218 Å². The van der Waals surface area contributed by atoms with E-state index in [9.17, 15) is 0 Å². The van der Waals surface area contributed by atoms with Gasteiger partial charge in [-0.25, -0.2) is 0 Å². The molecule has 0 unspecified atom stereocenters. The Labute approximate surface area is 456 Å². The van der Waals surface area contributed by atoms with Gasteiger partial charge in [0.15, 0.2) is 0 Å². The van der Waals surface area contributed by atoms with E-state index in [4.69, 9.17) is 0 Å². The predicted octanol–water partition coefficient (Wildman–Crippen LogP) is 18.8. The maximum Gasteiger partial charge on any atom is 0.0775 e. The Morgan fingerprint density at radius 1 is 0.224 bits per heavy atom. The van der Waals surface area contributed by atoms with E-state index >= 15 is 0 Å². The van der Waals surface area contributed by atoms with Gasteiger partial charge in [0.1, 0.15) is 0 Å². The van der Waals surface area contributed by atoms with Crippen LogP contribution < -0.4 is 30.5 Å². The number of hydrogen-bond donors (Lipinski definition) is 0. The first-order valence-electron chi connectivity index (χ1n) is 27.2. The van der Waals surface area contributed by atoms with E-state index in [0.717, 1.165) is 34.1 Å². The molecule has 2 nitrogen and oxygen atoms in total. The summed E-state index contributed by atoms with van der Waals surface area (Å²) in [7, 11) is -6.18. The third-order valence-electron chi connectivity index (χ3n) is 15.6. The molecule has 0 heterocycles. The number of hydrogen-bond acceptors (Lipinski definition) is 2. The summed E-state index contributed by atoms with van der Waals surface area (Å²) >= 11 is 0. The first kappa shape index (κ1) is 51.1. The van der Waals surface area contributed by atoms with Crippen molar-refractivity contribution in [2.45, 2.75) is 78.6 Å². The van der Waals surface area contributed by atoms with E-state index in [0.29, 0.717) is 0 Å². The van der Waals surface area contributed by atoms with Crippen molar-refractivity contribution in [3.63, 3.8) is 0 Å². The highest BCUT2D eigenvalue weighted by molar-refractivity contribution is 6.90. The second-order valence-corrected chi connectivity index (χ2v) is 45.5. The molecule has 11 aromatic rings. The van der Waals surface area contributed by atoms with Crippen LogP contribution >= 0.6 is 0 Å². The molecule has 11 rings (SSSR count). The van der Waals surface area contributed by atoms with E-state index in [1.54, 1.807) is 0 Å². The largest absolute Gasteiger partial charge is 0.310 e. The minimum absolute atomic E-state index is 1.13. The van der Waals surface area contributed by atoms with Crippen molar-refractivity contribution in [2.75, 3.05) is 9.80 Å². The van der Waals surface area contributed by atoms with Gasteiger partial charge in [-0.3, -0.25) is 0 Å². The van der Waals surface area contributed by atoms with Gasteiger partial charge in [-0.05, 0) is 150 Å². The van der Waals surface area contributed by atoms with Crippen molar-refractivity contribution >= 4 is 130 Å². The van der Waals surface area contributed by atoms with E-state index in [-0.39, 0.29) is 0 Å². The number of nitrogens with zero attached hydrogens (tertiary/aromatic N) is 2. The van der Waals surface area contributed by atoms with Crippen LogP contribution in [0.2, 0.25) is 78.6 Å². The van der Waals surface area contributed by atoms with Crippen LogP contribution in [0.15, 0.2) is 218 Å². The van der Waals surface area contributed by atoms with Crippen molar-refractivity contribution in [1.82, 2.24) is 0 Å². The number of fused-ring (bicyclic) bond motifs is 4. The molecule has 0 aliphatic heterocycles. The molecule has 0 radical (unpaired) electrons. The molecule has 0 N–H and O–H groups in total.